The fourth-order valence-electron chi connectivity index (χ4n) is 2.13. The Balaban J connectivity index is 3.01. The monoisotopic (exact) mass is 366 g/mol. The summed E-state index contributed by atoms with van der Waals surface area (Å²) in [6, 6.07) is 8.66. The van der Waals surface area contributed by atoms with E-state index in [1.54, 1.807) is 17.8 Å². The summed E-state index contributed by atoms with van der Waals surface area (Å²) >= 11 is 1.72. The highest BCUT2D eigenvalue weighted by Gasteiger charge is 2.07. The zero-order valence-electron chi connectivity index (χ0n) is 16.3. The molecular weight excluding hydrogens is 336 g/mol. The fraction of sp³-hybridized carbons (Fsp3) is 0.261. The topological polar surface area (TPSA) is 15.6 Å². The first-order valence-corrected chi connectivity index (χ1v) is 9.62. The number of benzene rings is 1. The van der Waals surface area contributed by atoms with E-state index < -0.39 is 0 Å². The summed E-state index contributed by atoms with van der Waals surface area (Å²) in [5.41, 5.74) is 3.89. The molecule has 138 valence electrons. The molecule has 3 heteroatoms. The predicted octanol–water partition coefficient (Wildman–Crippen LogP) is 7.10. The van der Waals surface area contributed by atoms with Gasteiger partial charge in [-0.25, -0.2) is 5.01 Å². The Morgan fingerprint density at radius 1 is 1.15 bits per heavy atom. The first kappa shape index (κ1) is 21.8. The molecule has 0 aliphatic carbocycles. The van der Waals surface area contributed by atoms with Crippen LogP contribution in [0, 0.1) is 0 Å². The molecule has 0 aromatic heterocycles. The fourth-order valence-corrected chi connectivity index (χ4v) is 2.92. The van der Waals surface area contributed by atoms with E-state index in [9.17, 15) is 0 Å². The lowest BCUT2D eigenvalue weighted by Gasteiger charge is -2.19. The van der Waals surface area contributed by atoms with E-state index in [2.05, 4.69) is 69.5 Å². The SMILES string of the molecule is C=CCCC(=C)N(/C=C(\C)Sc1ccc(CC)cc1)/N=C(\C)C(=C)C=C. The van der Waals surface area contributed by atoms with E-state index >= 15 is 0 Å². The van der Waals surface area contributed by atoms with E-state index in [4.69, 9.17) is 0 Å². The molecule has 0 amide bonds. The molecule has 0 heterocycles. The molecule has 1 aromatic carbocycles. The summed E-state index contributed by atoms with van der Waals surface area (Å²) in [4.78, 5) is 2.35. The van der Waals surface area contributed by atoms with Crippen LogP contribution in [0.3, 0.4) is 0 Å². The number of hydrogen-bond acceptors (Lipinski definition) is 3. The van der Waals surface area contributed by atoms with Gasteiger partial charge in [-0.2, -0.15) is 5.10 Å². The molecule has 0 N–H and O–H groups in total. The highest BCUT2D eigenvalue weighted by atomic mass is 32.2. The molecule has 2 nitrogen and oxygen atoms in total. The lowest BCUT2D eigenvalue weighted by Crippen LogP contribution is -2.12. The standard InChI is InChI=1S/C23H30N2S/c1-8-11-12-19(5)25(24-21(7)18(4)9-2)17-20(6)26-23-15-13-22(10-3)14-16-23/h8-9,13-17H,1-2,4-5,10-12H2,3,6-7H3/b20-17+,24-21+. The largest absolute Gasteiger partial charge is 0.245 e. The van der Waals surface area contributed by atoms with Crippen molar-refractivity contribution in [3.8, 4) is 0 Å². The van der Waals surface area contributed by atoms with Gasteiger partial charge in [0.25, 0.3) is 0 Å². The molecule has 0 fully saturated rings. The molecule has 1 rings (SSSR count). The van der Waals surface area contributed by atoms with E-state index in [1.807, 2.05) is 24.2 Å². The van der Waals surface area contributed by atoms with Crippen LogP contribution in [0.4, 0.5) is 0 Å². The van der Waals surface area contributed by atoms with Crippen LogP contribution in [-0.2, 0) is 6.42 Å². The van der Waals surface area contributed by atoms with Gasteiger partial charge in [0.2, 0.25) is 0 Å². The van der Waals surface area contributed by atoms with Crippen LogP contribution < -0.4 is 0 Å². The van der Waals surface area contributed by atoms with Gasteiger partial charge in [0.05, 0.1) is 5.71 Å². The Hall–Kier alpha value is -2.26. The lowest BCUT2D eigenvalue weighted by atomic mass is 10.2. The second-order valence-electron chi connectivity index (χ2n) is 5.99. The van der Waals surface area contributed by atoms with Crippen LogP contribution in [0.25, 0.3) is 0 Å². The zero-order chi connectivity index (χ0) is 19.5. The molecule has 0 aliphatic heterocycles. The molecule has 26 heavy (non-hydrogen) atoms. The van der Waals surface area contributed by atoms with Gasteiger partial charge in [0.1, 0.15) is 0 Å². The van der Waals surface area contributed by atoms with Crippen molar-refractivity contribution in [3.63, 3.8) is 0 Å². The van der Waals surface area contributed by atoms with Crippen LogP contribution in [0.15, 0.2) is 95.1 Å². The molecule has 0 aliphatic rings. The van der Waals surface area contributed by atoms with E-state index in [0.29, 0.717) is 0 Å². The minimum absolute atomic E-state index is 0.806. The van der Waals surface area contributed by atoms with Gasteiger partial charge in [-0.15, -0.1) is 6.58 Å². The molecule has 0 atom stereocenters. The van der Waals surface area contributed by atoms with Gasteiger partial charge in [-0.05, 0) is 56.4 Å². The van der Waals surface area contributed by atoms with Crippen LogP contribution in [0.5, 0.6) is 0 Å². The Morgan fingerprint density at radius 2 is 1.81 bits per heavy atom. The average molecular weight is 367 g/mol. The molecule has 0 saturated heterocycles. The average Bonchev–Trinajstić information content (AvgIpc) is 2.65. The number of rotatable bonds is 11. The summed E-state index contributed by atoms with van der Waals surface area (Å²) < 4.78 is 0. The second-order valence-corrected chi connectivity index (χ2v) is 7.31. The normalized spacial score (nSPS) is 11.8. The summed E-state index contributed by atoms with van der Waals surface area (Å²) in [6.07, 6.45) is 8.35. The number of nitrogens with zero attached hydrogens (tertiary/aromatic N) is 2. The summed E-state index contributed by atoms with van der Waals surface area (Å²) in [5.74, 6) is 0. The molecule has 1 aromatic rings. The van der Waals surface area contributed by atoms with Crippen molar-refractivity contribution in [2.24, 2.45) is 5.10 Å². The van der Waals surface area contributed by atoms with Crippen molar-refractivity contribution >= 4 is 17.5 Å². The van der Waals surface area contributed by atoms with Crippen molar-refractivity contribution in [3.05, 3.63) is 90.7 Å². The number of aryl methyl sites for hydroxylation is 1. The Labute approximate surface area is 163 Å². The van der Waals surface area contributed by atoms with E-state index in [0.717, 1.165) is 41.1 Å². The Bertz CT molecular complexity index is 708. The number of hydrogen-bond donors (Lipinski definition) is 0. The van der Waals surface area contributed by atoms with Gasteiger partial charge in [0, 0.05) is 21.7 Å². The molecule has 0 bridgehead atoms. The van der Waals surface area contributed by atoms with Crippen molar-refractivity contribution in [1.82, 2.24) is 5.01 Å². The number of hydrazone groups is 1. The highest BCUT2D eigenvalue weighted by Crippen LogP contribution is 2.28. The molecule has 0 saturated carbocycles. The van der Waals surface area contributed by atoms with E-state index in [-0.39, 0.29) is 0 Å². The quantitative estimate of drug-likeness (QED) is 0.136. The Morgan fingerprint density at radius 3 is 2.35 bits per heavy atom. The zero-order valence-corrected chi connectivity index (χ0v) is 17.1. The number of allylic oxidation sites excluding steroid dienone is 5. The van der Waals surface area contributed by atoms with E-state index in [1.165, 1.54) is 10.5 Å². The van der Waals surface area contributed by atoms with Gasteiger partial charge >= 0.3 is 0 Å². The summed E-state index contributed by atoms with van der Waals surface area (Å²) in [5, 5.41) is 6.51. The molecule has 0 radical (unpaired) electrons. The van der Waals surface area contributed by atoms with Crippen molar-refractivity contribution in [2.75, 3.05) is 0 Å². The first-order valence-electron chi connectivity index (χ1n) is 8.81. The second kappa shape index (κ2) is 11.4. The van der Waals surface area contributed by atoms with Crippen molar-refractivity contribution in [1.29, 1.82) is 0 Å². The maximum absolute atomic E-state index is 4.66. The molecule has 0 spiro atoms. The summed E-state index contributed by atoms with van der Waals surface area (Å²) in [7, 11) is 0. The maximum atomic E-state index is 4.66. The third-order valence-corrected chi connectivity index (χ3v) is 4.78. The third kappa shape index (κ3) is 7.32. The minimum atomic E-state index is 0.806. The van der Waals surface area contributed by atoms with Crippen LogP contribution in [0.2, 0.25) is 0 Å². The third-order valence-electron chi connectivity index (χ3n) is 3.84. The maximum Gasteiger partial charge on any atom is 0.0648 e. The predicted molar refractivity (Wildman–Crippen MR) is 118 cm³/mol. The summed E-state index contributed by atoms with van der Waals surface area (Å²) in [6.45, 7) is 21.9. The van der Waals surface area contributed by atoms with Gasteiger partial charge in [-0.1, -0.05) is 62.7 Å². The highest BCUT2D eigenvalue weighted by molar-refractivity contribution is 8.03. The van der Waals surface area contributed by atoms with Crippen molar-refractivity contribution in [2.45, 2.75) is 44.9 Å². The van der Waals surface area contributed by atoms with Gasteiger partial charge < -0.3 is 0 Å². The lowest BCUT2D eigenvalue weighted by molar-refractivity contribution is 0.476. The Kier molecular flexibility index (Phi) is 9.53. The molecular formula is C23H30N2S. The van der Waals surface area contributed by atoms with Crippen LogP contribution in [0.1, 0.15) is 39.2 Å². The smallest absolute Gasteiger partial charge is 0.0648 e. The van der Waals surface area contributed by atoms with Crippen LogP contribution in [-0.4, -0.2) is 10.7 Å². The van der Waals surface area contributed by atoms with Gasteiger partial charge in [-0.3, -0.25) is 0 Å². The van der Waals surface area contributed by atoms with Crippen LogP contribution >= 0.6 is 11.8 Å². The minimum Gasteiger partial charge on any atom is -0.245 e. The molecule has 0 unspecified atom stereocenters. The van der Waals surface area contributed by atoms with Gasteiger partial charge in [0.15, 0.2) is 0 Å². The number of thioether (sulfide) groups is 1. The van der Waals surface area contributed by atoms with Crippen molar-refractivity contribution < 1.29 is 0 Å². The first-order chi connectivity index (χ1) is 12.4.